The van der Waals surface area contributed by atoms with Crippen molar-refractivity contribution in [2.75, 3.05) is 31.9 Å². The van der Waals surface area contributed by atoms with Gasteiger partial charge in [-0.2, -0.15) is 0 Å². The molecular weight excluding hydrogens is 1330 g/mol. The van der Waals surface area contributed by atoms with Gasteiger partial charge in [-0.05, 0) is 187 Å². The molecule has 0 aliphatic heterocycles. The number of rotatable bonds is 14. The lowest BCUT2D eigenvalue weighted by atomic mass is 9.97. The summed E-state index contributed by atoms with van der Waals surface area (Å²) in [5, 5.41) is 33.1. The second-order valence-corrected chi connectivity index (χ2v) is 26.1. The largest absolute Gasteiger partial charge is 0.356 e. The maximum atomic E-state index is 3.54. The van der Waals surface area contributed by atoms with Crippen LogP contribution < -0.4 is 31.9 Å². The van der Waals surface area contributed by atoms with Crippen LogP contribution in [0.4, 0.5) is 68.2 Å². The highest BCUT2D eigenvalue weighted by atomic mass is 14.9. The minimum atomic E-state index is 1.10. The molecule has 0 saturated heterocycles. The number of anilines is 12. The van der Waals surface area contributed by atoms with Crippen LogP contribution >= 0.6 is 0 Å². The van der Waals surface area contributed by atoms with Gasteiger partial charge in [-0.15, -0.1) is 0 Å². The van der Waals surface area contributed by atoms with Gasteiger partial charge in [-0.25, -0.2) is 0 Å². The molecule has 0 aromatic heterocycles. The fourth-order valence-electron chi connectivity index (χ4n) is 13.0. The molecule has 6 nitrogen and oxygen atoms in total. The number of fused-ring (bicyclic) bond motifs is 5. The van der Waals surface area contributed by atoms with Gasteiger partial charge in [0.05, 0.1) is 0 Å². The number of benzene rings is 19. The zero-order chi connectivity index (χ0) is 74.4. The van der Waals surface area contributed by atoms with Gasteiger partial charge in [0.25, 0.3) is 0 Å². The van der Waals surface area contributed by atoms with E-state index in [1.165, 1.54) is 76.1 Å². The van der Waals surface area contributed by atoms with E-state index in [1.54, 1.807) is 0 Å². The van der Waals surface area contributed by atoms with Crippen LogP contribution in [0.1, 0.15) is 0 Å². The average molecular weight is 1420 g/mol. The molecular formula is C104H84N6. The normalized spacial score (nSPS) is 10.4. The Balaban J connectivity index is 0.000000111. The first kappa shape index (κ1) is 72.2. The van der Waals surface area contributed by atoms with Crippen molar-refractivity contribution in [3.05, 3.63) is 473 Å². The van der Waals surface area contributed by atoms with Crippen molar-refractivity contribution in [1.82, 2.24) is 0 Å². The third kappa shape index (κ3) is 20.4. The van der Waals surface area contributed by atoms with Crippen LogP contribution in [-0.2, 0) is 0 Å². The van der Waals surface area contributed by atoms with E-state index >= 15 is 0 Å². The maximum Gasteiger partial charge on any atom is 0.0464 e. The Morgan fingerprint density at radius 2 is 0.373 bits per heavy atom. The Morgan fingerprint density at radius 1 is 0.118 bits per heavy atom. The van der Waals surface area contributed by atoms with Gasteiger partial charge in [-0.3, -0.25) is 0 Å². The van der Waals surface area contributed by atoms with Crippen LogP contribution in [0.3, 0.4) is 0 Å². The molecule has 110 heavy (non-hydrogen) atoms. The quantitative estimate of drug-likeness (QED) is 0.0652. The third-order valence-electron chi connectivity index (χ3n) is 18.4. The van der Waals surface area contributed by atoms with E-state index in [0.717, 1.165) is 68.2 Å². The molecule has 0 saturated carbocycles. The molecule has 0 unspecified atom stereocenters. The first-order valence-corrected chi connectivity index (χ1v) is 37.1. The van der Waals surface area contributed by atoms with E-state index in [-0.39, 0.29) is 0 Å². The van der Waals surface area contributed by atoms with Crippen LogP contribution in [0, 0.1) is 0 Å². The van der Waals surface area contributed by atoms with Crippen molar-refractivity contribution < 1.29 is 0 Å². The van der Waals surface area contributed by atoms with Crippen LogP contribution in [0.2, 0.25) is 0 Å². The fraction of sp³-hybridized carbons (Fsp3) is 0. The molecule has 0 aliphatic carbocycles. The predicted octanol–water partition coefficient (Wildman–Crippen LogP) is 29.7. The van der Waals surface area contributed by atoms with Crippen molar-refractivity contribution in [1.29, 1.82) is 0 Å². The van der Waals surface area contributed by atoms with Crippen molar-refractivity contribution >= 4 is 122 Å². The molecule has 530 valence electrons. The van der Waals surface area contributed by atoms with Gasteiger partial charge < -0.3 is 31.9 Å². The van der Waals surface area contributed by atoms with Gasteiger partial charge in [0.2, 0.25) is 0 Å². The average Bonchev–Trinajstić information content (AvgIpc) is 0.785. The highest BCUT2D eigenvalue weighted by molar-refractivity contribution is 6.04. The number of para-hydroxylation sites is 6. The predicted molar refractivity (Wildman–Crippen MR) is 475 cm³/mol. The molecule has 0 spiro atoms. The van der Waals surface area contributed by atoms with Crippen LogP contribution in [0.15, 0.2) is 473 Å². The van der Waals surface area contributed by atoms with E-state index in [1.807, 2.05) is 140 Å². The van der Waals surface area contributed by atoms with Gasteiger partial charge in [0, 0.05) is 84.4 Å². The van der Waals surface area contributed by atoms with E-state index in [0.29, 0.717) is 0 Å². The molecule has 6 heteroatoms. The summed E-state index contributed by atoms with van der Waals surface area (Å²) in [5.74, 6) is 0. The summed E-state index contributed by atoms with van der Waals surface area (Å²) < 4.78 is 0. The topological polar surface area (TPSA) is 72.2 Å². The van der Waals surface area contributed by atoms with Crippen LogP contribution in [0.25, 0.3) is 76.1 Å². The van der Waals surface area contributed by atoms with Crippen molar-refractivity contribution in [2.45, 2.75) is 0 Å². The monoisotopic (exact) mass is 1420 g/mol. The Labute approximate surface area is 645 Å². The molecule has 0 bridgehead atoms. The van der Waals surface area contributed by atoms with Gasteiger partial charge >= 0.3 is 0 Å². The standard InChI is InChI=1S/C22H17N.C20H15N.C18H15N.2C16H13N.C12H11N/c1-3-9-17(10-4-1)19-15-16-22(21-14-8-7-13-20(19)21)23-18-11-5-2-6-12-18;1-2-8-17-14-18(13-12-15(17)6-1)21-20-11-5-9-16-7-3-4-10-19(16)20;1-3-7-15(8-4-1)16-11-13-18(14-12-16)19-17-9-5-2-6-10-17;1-2-9-14(10-3-1)17-16-12-6-8-13-7-4-5-11-15(13)16;1-2-8-15(9-3-1)17-16-11-10-13-6-4-5-7-14(13)12-16;1-3-7-11(8-4-1)13-12-9-5-2-6-10-12/h1-16,23H;1-14,21H;1-14,19H;2*1-12,17H;1-10,13H. The maximum absolute atomic E-state index is 3.54. The summed E-state index contributed by atoms with van der Waals surface area (Å²) in [7, 11) is 0. The molecule has 0 amide bonds. The second-order valence-electron chi connectivity index (χ2n) is 26.1. The summed E-state index contributed by atoms with van der Waals surface area (Å²) in [6.45, 7) is 0. The third-order valence-corrected chi connectivity index (χ3v) is 18.4. The molecule has 19 aromatic rings. The molecule has 0 aliphatic rings. The smallest absolute Gasteiger partial charge is 0.0464 e. The van der Waals surface area contributed by atoms with Crippen LogP contribution in [0.5, 0.6) is 0 Å². The second kappa shape index (κ2) is 37.8. The molecule has 19 aromatic carbocycles. The molecule has 6 N–H and O–H groups in total. The lowest BCUT2D eigenvalue weighted by Crippen LogP contribution is -1.92. The van der Waals surface area contributed by atoms with E-state index in [9.17, 15) is 0 Å². The molecule has 0 atom stereocenters. The summed E-state index contributed by atoms with van der Waals surface area (Å²) in [5.41, 5.74) is 18.4. The fourth-order valence-corrected chi connectivity index (χ4v) is 13.0. The highest BCUT2D eigenvalue weighted by Gasteiger charge is 2.09. The number of hydrogen-bond acceptors (Lipinski definition) is 6. The summed E-state index contributed by atoms with van der Waals surface area (Å²) in [6.07, 6.45) is 0. The lowest BCUT2D eigenvalue weighted by Gasteiger charge is -2.13. The minimum Gasteiger partial charge on any atom is -0.356 e. The van der Waals surface area contributed by atoms with E-state index in [4.69, 9.17) is 0 Å². The van der Waals surface area contributed by atoms with E-state index in [2.05, 4.69) is 366 Å². The van der Waals surface area contributed by atoms with Crippen molar-refractivity contribution in [3.63, 3.8) is 0 Å². The lowest BCUT2D eigenvalue weighted by molar-refractivity contribution is 1.54. The Morgan fingerprint density at radius 3 is 0.782 bits per heavy atom. The Kier molecular flexibility index (Phi) is 24.8. The zero-order valence-corrected chi connectivity index (χ0v) is 61.0. The molecule has 0 fully saturated rings. The minimum absolute atomic E-state index is 1.10. The Hall–Kier alpha value is -14.7. The molecule has 19 rings (SSSR count). The zero-order valence-electron chi connectivity index (χ0n) is 61.0. The van der Waals surface area contributed by atoms with Crippen molar-refractivity contribution in [2.24, 2.45) is 0 Å². The van der Waals surface area contributed by atoms with Crippen LogP contribution in [-0.4, -0.2) is 0 Å². The molecule has 0 radical (unpaired) electrons. The summed E-state index contributed by atoms with van der Waals surface area (Å²) >= 11 is 0. The van der Waals surface area contributed by atoms with Gasteiger partial charge in [-0.1, -0.05) is 346 Å². The summed E-state index contributed by atoms with van der Waals surface area (Å²) in [4.78, 5) is 0. The first-order chi connectivity index (χ1) is 54.5. The molecule has 0 heterocycles. The first-order valence-electron chi connectivity index (χ1n) is 37.1. The van der Waals surface area contributed by atoms with Crippen molar-refractivity contribution in [3.8, 4) is 22.3 Å². The van der Waals surface area contributed by atoms with E-state index < -0.39 is 0 Å². The Bertz CT molecular complexity index is 5940. The van der Waals surface area contributed by atoms with Gasteiger partial charge in [0.1, 0.15) is 0 Å². The SMILES string of the molecule is c1ccc(Nc2ccc(-c3ccccc3)c3ccccc23)cc1.c1ccc(Nc2ccc(-c3ccccc3)cc2)cc1.c1ccc(Nc2ccc3ccccc3c2)cc1.c1ccc(Nc2cccc3ccccc23)cc1.c1ccc(Nc2ccccc2)cc1.c1ccc2cc(Nc3cccc4ccccc34)ccc2c1. The number of nitrogens with one attached hydrogen (secondary N) is 6. The summed E-state index contributed by atoms with van der Waals surface area (Å²) in [6, 6.07) is 163. The number of hydrogen-bond donors (Lipinski definition) is 6. The van der Waals surface area contributed by atoms with Gasteiger partial charge in [0.15, 0.2) is 0 Å². The highest BCUT2D eigenvalue weighted by Crippen LogP contribution is 2.36.